The Labute approximate surface area is 170 Å². The van der Waals surface area contributed by atoms with Crippen molar-refractivity contribution in [3.63, 3.8) is 0 Å². The highest BCUT2D eigenvalue weighted by atomic mass is 79.9. The maximum Gasteiger partial charge on any atom is 0.249 e. The average molecular weight is 441 g/mol. The summed E-state index contributed by atoms with van der Waals surface area (Å²) in [4.78, 5) is 25.0. The Morgan fingerprint density at radius 3 is 2.64 bits per heavy atom. The van der Waals surface area contributed by atoms with Gasteiger partial charge in [-0.2, -0.15) is 10.4 Å². The highest BCUT2D eigenvalue weighted by Crippen LogP contribution is 2.17. The molecule has 7 nitrogen and oxygen atoms in total. The van der Waals surface area contributed by atoms with Gasteiger partial charge in [0, 0.05) is 11.9 Å². The van der Waals surface area contributed by atoms with Crippen LogP contribution in [0.2, 0.25) is 0 Å². The Balaban J connectivity index is 1.68. The van der Waals surface area contributed by atoms with E-state index in [4.69, 9.17) is 4.42 Å². The Kier molecular flexibility index (Phi) is 6.06. The number of anilines is 1. The summed E-state index contributed by atoms with van der Waals surface area (Å²) in [5.41, 5.74) is 1.65. The molecule has 3 rings (SSSR count). The first-order valence-electron chi connectivity index (χ1n) is 8.60. The minimum absolute atomic E-state index is 0.0377. The van der Waals surface area contributed by atoms with Crippen LogP contribution in [0.3, 0.4) is 0 Å². The number of furan rings is 1. The van der Waals surface area contributed by atoms with E-state index in [1.54, 1.807) is 41.3 Å². The molecule has 3 aromatic rings. The molecular weight excluding hydrogens is 424 g/mol. The maximum absolute atomic E-state index is 12.6. The lowest BCUT2D eigenvalue weighted by Gasteiger charge is -2.09. The quantitative estimate of drug-likeness (QED) is 0.444. The predicted molar refractivity (Wildman–Crippen MR) is 106 cm³/mol. The number of nitrogens with zero attached hydrogens (tertiary/aromatic N) is 3. The maximum atomic E-state index is 12.6. The monoisotopic (exact) mass is 440 g/mol. The van der Waals surface area contributed by atoms with Crippen LogP contribution in [-0.4, -0.2) is 21.5 Å². The van der Waals surface area contributed by atoms with Crippen LogP contribution in [0, 0.1) is 17.2 Å². The van der Waals surface area contributed by atoms with Gasteiger partial charge in [-0.05, 0) is 52.2 Å². The van der Waals surface area contributed by atoms with Crippen molar-refractivity contribution < 1.29 is 14.0 Å². The van der Waals surface area contributed by atoms with E-state index in [0.29, 0.717) is 18.0 Å². The van der Waals surface area contributed by atoms with Gasteiger partial charge in [0.15, 0.2) is 11.7 Å². The molecule has 2 aromatic heterocycles. The molecule has 0 aliphatic rings. The number of nitriles is 1. The Morgan fingerprint density at radius 1 is 1.29 bits per heavy atom. The van der Waals surface area contributed by atoms with Crippen LogP contribution >= 0.6 is 15.9 Å². The van der Waals surface area contributed by atoms with E-state index in [9.17, 15) is 14.9 Å². The van der Waals surface area contributed by atoms with E-state index >= 15 is 0 Å². The molecule has 0 aliphatic heterocycles. The van der Waals surface area contributed by atoms with Crippen LogP contribution in [0.4, 0.5) is 5.69 Å². The van der Waals surface area contributed by atoms with Gasteiger partial charge in [0.2, 0.25) is 11.7 Å². The molecule has 28 heavy (non-hydrogen) atoms. The lowest BCUT2D eigenvalue weighted by Crippen LogP contribution is -2.28. The zero-order valence-corrected chi connectivity index (χ0v) is 16.6. The second-order valence-electron chi connectivity index (χ2n) is 6.09. The van der Waals surface area contributed by atoms with E-state index in [2.05, 4.69) is 26.3 Å². The molecule has 1 unspecified atom stereocenters. The summed E-state index contributed by atoms with van der Waals surface area (Å²) in [6, 6.07) is 12.1. The molecule has 0 saturated carbocycles. The third-order valence-corrected chi connectivity index (χ3v) is 4.52. The van der Waals surface area contributed by atoms with E-state index < -0.39 is 17.6 Å². The van der Waals surface area contributed by atoms with Crippen LogP contribution in [-0.2, 0) is 17.8 Å². The van der Waals surface area contributed by atoms with Crippen LogP contribution in [0.25, 0.3) is 0 Å². The number of rotatable bonds is 7. The van der Waals surface area contributed by atoms with Crippen molar-refractivity contribution in [3.8, 4) is 6.07 Å². The number of halogens is 1. The molecule has 1 N–H and O–H groups in total. The summed E-state index contributed by atoms with van der Waals surface area (Å²) in [6.45, 7) is 2.35. The summed E-state index contributed by atoms with van der Waals surface area (Å²) in [6.07, 6.45) is 4.28. The Bertz CT molecular complexity index is 1030. The van der Waals surface area contributed by atoms with E-state index in [1.807, 2.05) is 19.1 Å². The topological polar surface area (TPSA) is 101 Å². The summed E-state index contributed by atoms with van der Waals surface area (Å²) in [5.74, 6) is -2.41. The highest BCUT2D eigenvalue weighted by molar-refractivity contribution is 9.10. The lowest BCUT2D eigenvalue weighted by atomic mass is 10.0. The van der Waals surface area contributed by atoms with Crippen LogP contribution in [0.15, 0.2) is 57.7 Å². The summed E-state index contributed by atoms with van der Waals surface area (Å²) in [7, 11) is 0. The fraction of sp³-hybridized carbons (Fsp3) is 0.200. The number of carbonyl (C=O) groups excluding carboxylic acids is 2. The fourth-order valence-electron chi connectivity index (χ4n) is 2.60. The van der Waals surface area contributed by atoms with Crippen molar-refractivity contribution in [1.29, 1.82) is 5.26 Å². The molecule has 0 bridgehead atoms. The van der Waals surface area contributed by atoms with Gasteiger partial charge < -0.3 is 9.73 Å². The number of hydrogen-bond donors (Lipinski definition) is 1. The predicted octanol–water partition coefficient (Wildman–Crippen LogP) is 3.81. The van der Waals surface area contributed by atoms with Gasteiger partial charge >= 0.3 is 0 Å². The first-order valence-corrected chi connectivity index (χ1v) is 9.39. The van der Waals surface area contributed by atoms with Gasteiger partial charge in [-0.1, -0.05) is 19.1 Å². The molecule has 0 spiro atoms. The summed E-state index contributed by atoms with van der Waals surface area (Å²) < 4.78 is 7.97. The fourth-order valence-corrected chi connectivity index (χ4v) is 2.92. The third kappa shape index (κ3) is 4.56. The van der Waals surface area contributed by atoms with Gasteiger partial charge in [0.05, 0.1) is 23.3 Å². The molecule has 1 aromatic carbocycles. The van der Waals surface area contributed by atoms with Gasteiger partial charge in [-0.25, -0.2) is 0 Å². The normalized spacial score (nSPS) is 11.6. The van der Waals surface area contributed by atoms with E-state index in [-0.39, 0.29) is 5.76 Å². The molecular formula is C20H17BrN4O3. The smallest absolute Gasteiger partial charge is 0.249 e. The molecule has 0 aliphatic carbocycles. The van der Waals surface area contributed by atoms with Crippen molar-refractivity contribution >= 4 is 33.3 Å². The van der Waals surface area contributed by atoms with Crippen molar-refractivity contribution in [2.24, 2.45) is 5.92 Å². The minimum atomic E-state index is -1.50. The van der Waals surface area contributed by atoms with Gasteiger partial charge in [-0.15, -0.1) is 0 Å². The second kappa shape index (κ2) is 8.67. The highest BCUT2D eigenvalue weighted by Gasteiger charge is 2.30. The number of carbonyl (C=O) groups is 2. The largest absolute Gasteiger partial charge is 0.456 e. The molecule has 142 valence electrons. The molecule has 8 heteroatoms. The van der Waals surface area contributed by atoms with Crippen LogP contribution in [0.1, 0.15) is 28.8 Å². The number of amides is 1. The molecule has 0 radical (unpaired) electrons. The van der Waals surface area contributed by atoms with E-state index in [0.717, 1.165) is 16.5 Å². The zero-order valence-electron chi connectivity index (χ0n) is 15.1. The van der Waals surface area contributed by atoms with Crippen molar-refractivity contribution in [1.82, 2.24) is 9.78 Å². The van der Waals surface area contributed by atoms with E-state index in [1.165, 1.54) is 6.07 Å². The number of nitrogens with one attached hydrogen (secondary N) is 1. The van der Waals surface area contributed by atoms with Gasteiger partial charge in [0.1, 0.15) is 5.76 Å². The van der Waals surface area contributed by atoms with Crippen molar-refractivity contribution in [2.45, 2.75) is 19.9 Å². The molecule has 0 saturated heterocycles. The standard InChI is InChI=1S/C20H17BrN4O3/c1-2-13-3-5-15(6-4-13)24-20(27)17(9-22)19(26)18-8-7-16(28-18)12-25-11-14(21)10-23-25/h3-8,10-11,17H,2,12H2,1H3,(H,24,27). The number of Topliss-reactive ketones (excluding diaryl/α,β-unsaturated/α-hetero) is 1. The first kappa shape index (κ1) is 19.6. The van der Waals surface area contributed by atoms with Crippen molar-refractivity contribution in [3.05, 3.63) is 70.3 Å². The van der Waals surface area contributed by atoms with Crippen LogP contribution in [0.5, 0.6) is 0 Å². The van der Waals surface area contributed by atoms with Crippen LogP contribution < -0.4 is 5.32 Å². The summed E-state index contributed by atoms with van der Waals surface area (Å²) in [5, 5.41) is 16.1. The van der Waals surface area contributed by atoms with Crippen molar-refractivity contribution in [2.75, 3.05) is 5.32 Å². The second-order valence-corrected chi connectivity index (χ2v) is 7.00. The number of ketones is 1. The first-order chi connectivity index (χ1) is 13.5. The Hall–Kier alpha value is -3.18. The number of benzene rings is 1. The minimum Gasteiger partial charge on any atom is -0.456 e. The average Bonchev–Trinajstić information content (AvgIpc) is 3.32. The van der Waals surface area contributed by atoms with Gasteiger partial charge in [-0.3, -0.25) is 14.3 Å². The van der Waals surface area contributed by atoms with Gasteiger partial charge in [0.25, 0.3) is 0 Å². The lowest BCUT2D eigenvalue weighted by molar-refractivity contribution is -0.117. The number of aromatic nitrogens is 2. The number of hydrogen-bond acceptors (Lipinski definition) is 5. The Morgan fingerprint density at radius 2 is 2.04 bits per heavy atom. The molecule has 1 amide bonds. The SMILES string of the molecule is CCc1ccc(NC(=O)C(C#N)C(=O)c2ccc(Cn3cc(Br)cn3)o2)cc1. The number of aryl methyl sites for hydroxylation is 1. The third-order valence-electron chi connectivity index (χ3n) is 4.11. The molecule has 1 atom stereocenters. The zero-order chi connectivity index (χ0) is 20.1. The molecule has 2 heterocycles. The molecule has 0 fully saturated rings. The summed E-state index contributed by atoms with van der Waals surface area (Å²) >= 11 is 3.30.